The van der Waals surface area contributed by atoms with Crippen LogP contribution < -0.4 is 0 Å². The van der Waals surface area contributed by atoms with Crippen molar-refractivity contribution in [1.29, 1.82) is 0 Å². The monoisotopic (exact) mass is 339 g/mol. The Balaban J connectivity index is 1.89. The van der Waals surface area contributed by atoms with Gasteiger partial charge in [-0.1, -0.05) is 15.9 Å². The van der Waals surface area contributed by atoms with Gasteiger partial charge in [0.15, 0.2) is 0 Å². The van der Waals surface area contributed by atoms with Gasteiger partial charge in [0.2, 0.25) is 10.0 Å². The lowest BCUT2D eigenvalue weighted by atomic mass is 9.86. The third-order valence-corrected chi connectivity index (χ3v) is 6.44. The number of piperidine rings is 1. The number of nitrogens with zero attached hydrogens (tertiary/aromatic N) is 1. The molecule has 2 aliphatic heterocycles. The summed E-state index contributed by atoms with van der Waals surface area (Å²) in [6.07, 6.45) is 5.57. The van der Waals surface area contributed by atoms with E-state index in [0.29, 0.717) is 29.8 Å². The van der Waals surface area contributed by atoms with Crippen LogP contribution >= 0.6 is 15.9 Å². The van der Waals surface area contributed by atoms with Crippen molar-refractivity contribution in [2.45, 2.75) is 30.5 Å². The molecular formula is C12H22BrNO3S. The summed E-state index contributed by atoms with van der Waals surface area (Å²) in [4.78, 5) is 0.528. The SMILES string of the molecule is CS(=O)(=O)N1CCCC(CC2COCCC2Br)C1. The smallest absolute Gasteiger partial charge is 0.211 e. The van der Waals surface area contributed by atoms with Crippen LogP contribution in [0, 0.1) is 11.8 Å². The summed E-state index contributed by atoms with van der Waals surface area (Å²) in [6, 6.07) is 0. The van der Waals surface area contributed by atoms with E-state index in [2.05, 4.69) is 15.9 Å². The average Bonchev–Trinajstić information content (AvgIpc) is 2.31. The van der Waals surface area contributed by atoms with Crippen LogP contribution in [0.4, 0.5) is 0 Å². The first-order valence-corrected chi connectivity index (χ1v) is 9.40. The van der Waals surface area contributed by atoms with E-state index in [9.17, 15) is 8.42 Å². The molecule has 2 saturated heterocycles. The lowest BCUT2D eigenvalue weighted by Crippen LogP contribution is -2.41. The second-order valence-corrected chi connectivity index (χ2v) is 8.66. The zero-order valence-corrected chi connectivity index (χ0v) is 13.2. The summed E-state index contributed by atoms with van der Waals surface area (Å²) < 4.78 is 30.3. The molecule has 0 aromatic carbocycles. The molecule has 3 atom stereocenters. The number of ether oxygens (including phenoxy) is 1. The van der Waals surface area contributed by atoms with Crippen molar-refractivity contribution in [3.63, 3.8) is 0 Å². The van der Waals surface area contributed by atoms with Gasteiger partial charge in [-0.25, -0.2) is 12.7 Å². The topological polar surface area (TPSA) is 46.6 Å². The van der Waals surface area contributed by atoms with Gasteiger partial charge in [-0.3, -0.25) is 0 Å². The van der Waals surface area contributed by atoms with Crippen LogP contribution in [0.15, 0.2) is 0 Å². The van der Waals surface area contributed by atoms with Crippen LogP contribution in [0.5, 0.6) is 0 Å². The van der Waals surface area contributed by atoms with Crippen molar-refractivity contribution in [3.05, 3.63) is 0 Å². The van der Waals surface area contributed by atoms with Gasteiger partial charge >= 0.3 is 0 Å². The Morgan fingerprint density at radius 1 is 1.39 bits per heavy atom. The number of rotatable bonds is 3. The van der Waals surface area contributed by atoms with E-state index in [-0.39, 0.29) is 0 Å². The van der Waals surface area contributed by atoms with Gasteiger partial charge in [-0.15, -0.1) is 0 Å². The lowest BCUT2D eigenvalue weighted by Gasteiger charge is -2.35. The molecule has 0 saturated carbocycles. The molecule has 0 aliphatic carbocycles. The molecule has 2 aliphatic rings. The summed E-state index contributed by atoms with van der Waals surface area (Å²) in [7, 11) is -3.02. The number of halogens is 1. The molecule has 0 amide bonds. The predicted molar refractivity (Wildman–Crippen MR) is 75.4 cm³/mol. The minimum atomic E-state index is -3.02. The molecule has 106 valence electrons. The molecule has 2 heterocycles. The summed E-state index contributed by atoms with van der Waals surface area (Å²) >= 11 is 3.72. The Morgan fingerprint density at radius 2 is 2.17 bits per heavy atom. The number of alkyl halides is 1. The quantitative estimate of drug-likeness (QED) is 0.737. The number of hydrogen-bond acceptors (Lipinski definition) is 3. The summed E-state index contributed by atoms with van der Waals surface area (Å²) in [5.74, 6) is 1.02. The van der Waals surface area contributed by atoms with Crippen LogP contribution in [-0.4, -0.2) is 50.1 Å². The maximum Gasteiger partial charge on any atom is 0.211 e. The van der Waals surface area contributed by atoms with Crippen molar-refractivity contribution in [1.82, 2.24) is 4.31 Å². The largest absolute Gasteiger partial charge is 0.381 e. The Labute approximate surface area is 118 Å². The third-order valence-electron chi connectivity index (χ3n) is 3.97. The van der Waals surface area contributed by atoms with Crippen LogP contribution in [-0.2, 0) is 14.8 Å². The molecule has 0 bridgehead atoms. The third kappa shape index (κ3) is 3.92. The lowest BCUT2D eigenvalue weighted by molar-refractivity contribution is 0.0467. The Bertz CT molecular complexity index is 374. The number of sulfonamides is 1. The molecule has 2 rings (SSSR count). The van der Waals surface area contributed by atoms with Crippen LogP contribution in [0.2, 0.25) is 0 Å². The second-order valence-electron chi connectivity index (χ2n) is 5.50. The van der Waals surface area contributed by atoms with E-state index in [0.717, 1.165) is 38.9 Å². The average molecular weight is 340 g/mol. The fourth-order valence-corrected chi connectivity index (χ4v) is 4.43. The minimum Gasteiger partial charge on any atom is -0.381 e. The predicted octanol–water partition coefficient (Wildman–Crippen LogP) is 1.85. The minimum absolute atomic E-state index is 0.486. The van der Waals surface area contributed by atoms with Gasteiger partial charge in [0, 0.05) is 24.5 Å². The standard InChI is InChI=1S/C12H22BrNO3S/c1-18(15,16)14-5-2-3-10(8-14)7-11-9-17-6-4-12(11)13/h10-12H,2-9H2,1H3. The van der Waals surface area contributed by atoms with E-state index in [1.807, 2.05) is 0 Å². The van der Waals surface area contributed by atoms with Crippen molar-refractivity contribution in [2.75, 3.05) is 32.6 Å². The van der Waals surface area contributed by atoms with E-state index in [1.54, 1.807) is 4.31 Å². The first-order valence-electron chi connectivity index (χ1n) is 6.64. The maximum absolute atomic E-state index is 11.6. The van der Waals surface area contributed by atoms with Crippen molar-refractivity contribution < 1.29 is 13.2 Å². The first-order chi connectivity index (χ1) is 8.47. The molecule has 0 spiro atoms. The molecule has 2 fully saturated rings. The first kappa shape index (κ1) is 14.8. The van der Waals surface area contributed by atoms with E-state index >= 15 is 0 Å². The molecule has 0 aromatic heterocycles. The summed E-state index contributed by atoms with van der Waals surface area (Å²) in [5, 5.41) is 0. The normalized spacial score (nSPS) is 35.6. The van der Waals surface area contributed by atoms with E-state index < -0.39 is 10.0 Å². The van der Waals surface area contributed by atoms with Crippen molar-refractivity contribution in [2.24, 2.45) is 11.8 Å². The highest BCUT2D eigenvalue weighted by atomic mass is 79.9. The highest BCUT2D eigenvalue weighted by Gasteiger charge is 2.31. The summed E-state index contributed by atoms with van der Waals surface area (Å²) in [5.41, 5.74) is 0. The van der Waals surface area contributed by atoms with Crippen molar-refractivity contribution >= 4 is 26.0 Å². The zero-order chi connectivity index (χ0) is 13.2. The molecule has 0 radical (unpaired) electrons. The molecular weight excluding hydrogens is 318 g/mol. The zero-order valence-electron chi connectivity index (χ0n) is 10.8. The van der Waals surface area contributed by atoms with Gasteiger partial charge in [0.25, 0.3) is 0 Å². The molecule has 4 nitrogen and oxygen atoms in total. The molecule has 0 aromatic rings. The maximum atomic E-state index is 11.6. The Hall–Kier alpha value is 0.350. The second kappa shape index (κ2) is 6.20. The van der Waals surface area contributed by atoms with Crippen LogP contribution in [0.3, 0.4) is 0 Å². The van der Waals surface area contributed by atoms with Gasteiger partial charge in [-0.2, -0.15) is 0 Å². The van der Waals surface area contributed by atoms with Crippen LogP contribution in [0.25, 0.3) is 0 Å². The fraction of sp³-hybridized carbons (Fsp3) is 1.00. The Morgan fingerprint density at radius 3 is 2.83 bits per heavy atom. The molecule has 3 unspecified atom stereocenters. The molecule has 18 heavy (non-hydrogen) atoms. The Kier molecular flexibility index (Phi) is 5.08. The van der Waals surface area contributed by atoms with Gasteiger partial charge in [-0.05, 0) is 37.5 Å². The highest BCUT2D eigenvalue weighted by molar-refractivity contribution is 9.09. The fourth-order valence-electron chi connectivity index (χ4n) is 2.94. The van der Waals surface area contributed by atoms with Crippen LogP contribution in [0.1, 0.15) is 25.7 Å². The van der Waals surface area contributed by atoms with Gasteiger partial charge < -0.3 is 4.74 Å². The van der Waals surface area contributed by atoms with E-state index in [4.69, 9.17) is 4.74 Å². The van der Waals surface area contributed by atoms with E-state index in [1.165, 1.54) is 6.26 Å². The molecule has 6 heteroatoms. The molecule has 0 N–H and O–H groups in total. The number of hydrogen-bond donors (Lipinski definition) is 0. The highest BCUT2D eigenvalue weighted by Crippen LogP contribution is 2.31. The van der Waals surface area contributed by atoms with Gasteiger partial charge in [0.05, 0.1) is 12.9 Å². The van der Waals surface area contributed by atoms with Crippen molar-refractivity contribution in [3.8, 4) is 0 Å². The summed E-state index contributed by atoms with van der Waals surface area (Å²) in [6.45, 7) is 3.03. The van der Waals surface area contributed by atoms with Gasteiger partial charge in [0.1, 0.15) is 0 Å².